The Morgan fingerprint density at radius 1 is 1.41 bits per heavy atom. The number of aromatic nitrogens is 2. The number of ether oxygens (including phenoxy) is 1. The summed E-state index contributed by atoms with van der Waals surface area (Å²) in [6.45, 7) is 6.72. The molecule has 0 bridgehead atoms. The zero-order valence-electron chi connectivity index (χ0n) is 13.0. The maximum absolute atomic E-state index is 12.0. The van der Waals surface area contributed by atoms with Crippen molar-refractivity contribution in [2.75, 3.05) is 18.4 Å². The number of nitrogens with zero attached hydrogens (tertiary/aromatic N) is 3. The van der Waals surface area contributed by atoms with Crippen LogP contribution in [-0.4, -0.2) is 50.8 Å². The molecule has 1 aliphatic rings. The van der Waals surface area contributed by atoms with Crippen LogP contribution < -0.4 is 5.32 Å². The topological polar surface area (TPSA) is 87.6 Å². The van der Waals surface area contributed by atoms with Gasteiger partial charge in [0, 0.05) is 19.1 Å². The van der Waals surface area contributed by atoms with E-state index >= 15 is 0 Å². The van der Waals surface area contributed by atoms with Crippen LogP contribution in [0, 0.1) is 0 Å². The van der Waals surface area contributed by atoms with Gasteiger partial charge in [-0.3, -0.25) is 0 Å². The number of amides is 1. The van der Waals surface area contributed by atoms with E-state index in [-0.39, 0.29) is 23.0 Å². The van der Waals surface area contributed by atoms with Crippen LogP contribution in [0.15, 0.2) is 6.33 Å². The largest absolute Gasteiger partial charge is 0.502 e. The number of anilines is 1. The monoisotopic (exact) mass is 328 g/mol. The number of likely N-dealkylation sites (tertiary alicyclic amines) is 1. The average molecular weight is 329 g/mol. The Kier molecular flexibility index (Phi) is 4.95. The zero-order chi connectivity index (χ0) is 16.3. The maximum Gasteiger partial charge on any atom is 0.410 e. The molecule has 1 fully saturated rings. The summed E-state index contributed by atoms with van der Waals surface area (Å²) in [6.07, 6.45) is 2.47. The molecule has 7 nitrogen and oxygen atoms in total. The third-order valence-corrected chi connectivity index (χ3v) is 3.54. The third kappa shape index (κ3) is 4.37. The van der Waals surface area contributed by atoms with Gasteiger partial charge in [-0.1, -0.05) is 11.6 Å². The molecule has 1 aromatic heterocycles. The standard InChI is InChI=1S/C14H21ClN4O3/c1-14(2,3)22-13(21)19-6-4-9(5-7-19)18-12-10(20)11(15)16-8-17-12/h8-9,20H,4-7H2,1-3H3,(H,16,17,18). The summed E-state index contributed by atoms with van der Waals surface area (Å²) in [5, 5.41) is 12.9. The average Bonchev–Trinajstić information content (AvgIpc) is 2.43. The minimum Gasteiger partial charge on any atom is -0.502 e. The van der Waals surface area contributed by atoms with Crippen LogP contribution in [0.1, 0.15) is 33.6 Å². The molecule has 2 heterocycles. The van der Waals surface area contributed by atoms with E-state index in [4.69, 9.17) is 16.3 Å². The first-order valence-electron chi connectivity index (χ1n) is 7.20. The Morgan fingerprint density at radius 3 is 2.64 bits per heavy atom. The Balaban J connectivity index is 1.87. The van der Waals surface area contributed by atoms with Gasteiger partial charge in [-0.25, -0.2) is 14.8 Å². The molecule has 1 saturated heterocycles. The van der Waals surface area contributed by atoms with Crippen molar-refractivity contribution in [2.45, 2.75) is 45.3 Å². The second-order valence-corrected chi connectivity index (χ2v) is 6.61. The second kappa shape index (κ2) is 6.56. The molecule has 1 amide bonds. The van der Waals surface area contributed by atoms with Gasteiger partial charge in [0.2, 0.25) is 0 Å². The van der Waals surface area contributed by atoms with Gasteiger partial charge in [-0.2, -0.15) is 0 Å². The van der Waals surface area contributed by atoms with E-state index < -0.39 is 5.60 Å². The normalized spacial score (nSPS) is 16.5. The van der Waals surface area contributed by atoms with E-state index in [9.17, 15) is 9.90 Å². The molecule has 1 aliphatic heterocycles. The summed E-state index contributed by atoms with van der Waals surface area (Å²) in [6, 6.07) is 0.107. The van der Waals surface area contributed by atoms with Crippen LogP contribution in [0.5, 0.6) is 5.75 Å². The van der Waals surface area contributed by atoms with Gasteiger partial charge in [0.25, 0.3) is 0 Å². The number of nitrogens with one attached hydrogen (secondary N) is 1. The summed E-state index contributed by atoms with van der Waals surface area (Å²) < 4.78 is 5.35. The molecule has 0 atom stereocenters. The highest BCUT2D eigenvalue weighted by atomic mass is 35.5. The molecule has 0 unspecified atom stereocenters. The van der Waals surface area contributed by atoms with Gasteiger partial charge in [0.15, 0.2) is 16.7 Å². The van der Waals surface area contributed by atoms with Crippen LogP contribution in [-0.2, 0) is 4.74 Å². The lowest BCUT2D eigenvalue weighted by Crippen LogP contribution is -2.44. The molecule has 0 aliphatic carbocycles. The first-order valence-corrected chi connectivity index (χ1v) is 7.58. The van der Waals surface area contributed by atoms with Gasteiger partial charge < -0.3 is 20.1 Å². The lowest BCUT2D eigenvalue weighted by molar-refractivity contribution is 0.0210. The Morgan fingerprint density at radius 2 is 2.05 bits per heavy atom. The fourth-order valence-corrected chi connectivity index (χ4v) is 2.32. The number of carbonyl (C=O) groups excluding carboxylic acids is 1. The highest BCUT2D eigenvalue weighted by Gasteiger charge is 2.27. The van der Waals surface area contributed by atoms with Crippen molar-refractivity contribution in [1.29, 1.82) is 0 Å². The van der Waals surface area contributed by atoms with Gasteiger partial charge >= 0.3 is 6.09 Å². The Bertz CT molecular complexity index is 539. The minimum atomic E-state index is -0.490. The van der Waals surface area contributed by atoms with Crippen molar-refractivity contribution in [1.82, 2.24) is 14.9 Å². The molecule has 8 heteroatoms. The summed E-state index contributed by atoms with van der Waals surface area (Å²) >= 11 is 5.75. The molecule has 0 saturated carbocycles. The molecular weight excluding hydrogens is 308 g/mol. The van der Waals surface area contributed by atoms with Gasteiger partial charge in [-0.05, 0) is 33.6 Å². The van der Waals surface area contributed by atoms with Crippen molar-refractivity contribution >= 4 is 23.5 Å². The molecule has 122 valence electrons. The fraction of sp³-hybridized carbons (Fsp3) is 0.643. The Labute approximate surface area is 134 Å². The fourth-order valence-electron chi connectivity index (χ4n) is 2.19. The van der Waals surface area contributed by atoms with E-state index in [2.05, 4.69) is 15.3 Å². The predicted molar refractivity (Wildman–Crippen MR) is 83.2 cm³/mol. The lowest BCUT2D eigenvalue weighted by Gasteiger charge is -2.33. The number of halogens is 1. The van der Waals surface area contributed by atoms with E-state index in [1.54, 1.807) is 4.90 Å². The highest BCUT2D eigenvalue weighted by Crippen LogP contribution is 2.28. The summed E-state index contributed by atoms with van der Waals surface area (Å²) in [4.78, 5) is 21.3. The minimum absolute atomic E-state index is 0.0173. The SMILES string of the molecule is CC(C)(C)OC(=O)N1CCC(Nc2ncnc(Cl)c2O)CC1. The number of hydrogen-bond acceptors (Lipinski definition) is 6. The maximum atomic E-state index is 12.0. The van der Waals surface area contributed by atoms with Crippen molar-refractivity contribution in [3.63, 3.8) is 0 Å². The van der Waals surface area contributed by atoms with E-state index in [1.807, 2.05) is 20.8 Å². The molecule has 0 radical (unpaired) electrons. The van der Waals surface area contributed by atoms with Crippen molar-refractivity contribution in [3.8, 4) is 5.75 Å². The quantitative estimate of drug-likeness (QED) is 0.811. The van der Waals surface area contributed by atoms with Crippen LogP contribution in [0.4, 0.5) is 10.6 Å². The molecular formula is C14H21ClN4O3. The molecule has 0 spiro atoms. The first kappa shape index (κ1) is 16.6. The smallest absolute Gasteiger partial charge is 0.410 e. The molecule has 22 heavy (non-hydrogen) atoms. The van der Waals surface area contributed by atoms with Gasteiger partial charge in [0.1, 0.15) is 11.9 Å². The number of hydrogen-bond donors (Lipinski definition) is 2. The molecule has 1 aromatic rings. The van der Waals surface area contributed by atoms with Crippen LogP contribution in [0.3, 0.4) is 0 Å². The van der Waals surface area contributed by atoms with Crippen molar-refractivity contribution in [2.24, 2.45) is 0 Å². The van der Waals surface area contributed by atoms with E-state index in [0.717, 1.165) is 12.8 Å². The summed E-state index contributed by atoms with van der Waals surface area (Å²) in [5.41, 5.74) is -0.490. The lowest BCUT2D eigenvalue weighted by atomic mass is 10.1. The predicted octanol–water partition coefficient (Wildman–Crippen LogP) is 2.65. The van der Waals surface area contributed by atoms with Crippen LogP contribution in [0.2, 0.25) is 5.15 Å². The number of rotatable bonds is 2. The molecule has 2 rings (SSSR count). The van der Waals surface area contributed by atoms with E-state index in [0.29, 0.717) is 18.9 Å². The van der Waals surface area contributed by atoms with Crippen LogP contribution >= 0.6 is 11.6 Å². The number of aromatic hydroxyl groups is 1. The Hall–Kier alpha value is -1.76. The van der Waals surface area contributed by atoms with Crippen molar-refractivity contribution in [3.05, 3.63) is 11.5 Å². The summed E-state index contributed by atoms with van der Waals surface area (Å²) in [5.74, 6) is 0.162. The molecule has 2 N–H and O–H groups in total. The van der Waals surface area contributed by atoms with Gasteiger partial charge in [-0.15, -0.1) is 0 Å². The van der Waals surface area contributed by atoms with Gasteiger partial charge in [0.05, 0.1) is 0 Å². The number of piperidine rings is 1. The van der Waals surface area contributed by atoms with E-state index in [1.165, 1.54) is 6.33 Å². The highest BCUT2D eigenvalue weighted by molar-refractivity contribution is 6.31. The first-order chi connectivity index (χ1) is 10.3. The van der Waals surface area contributed by atoms with Crippen molar-refractivity contribution < 1.29 is 14.6 Å². The van der Waals surface area contributed by atoms with Crippen LogP contribution in [0.25, 0.3) is 0 Å². The number of carbonyl (C=O) groups is 1. The third-order valence-electron chi connectivity index (χ3n) is 3.27. The second-order valence-electron chi connectivity index (χ2n) is 6.25. The molecule has 0 aromatic carbocycles. The zero-order valence-corrected chi connectivity index (χ0v) is 13.7. The summed E-state index contributed by atoms with van der Waals surface area (Å²) in [7, 11) is 0.